The van der Waals surface area contributed by atoms with Gasteiger partial charge in [-0.3, -0.25) is 4.79 Å². The first-order valence-electron chi connectivity index (χ1n) is 8.16. The SMILES string of the molecule is Cc1ccc(OCC(=O)Nc2ccc(Nc3ccc(F)c(F)c3F)nn2)cc1. The summed E-state index contributed by atoms with van der Waals surface area (Å²) in [5, 5.41) is 12.5. The number of halogens is 3. The molecule has 1 amide bonds. The average Bonchev–Trinajstić information content (AvgIpc) is 2.69. The highest BCUT2D eigenvalue weighted by atomic mass is 19.2. The summed E-state index contributed by atoms with van der Waals surface area (Å²) in [5.41, 5.74) is 0.778. The maximum Gasteiger partial charge on any atom is 0.263 e. The van der Waals surface area contributed by atoms with E-state index >= 15 is 0 Å². The number of benzene rings is 2. The molecular weight excluding hydrogens is 373 g/mol. The van der Waals surface area contributed by atoms with Crippen molar-refractivity contribution in [1.29, 1.82) is 0 Å². The third-order valence-corrected chi connectivity index (χ3v) is 3.62. The standard InChI is InChI=1S/C19H15F3N4O2/c1-11-2-4-12(5-3-11)28-10-17(27)24-16-9-8-15(25-26-16)23-14-7-6-13(20)18(21)19(14)22/h2-9H,10H2,1H3,(H,23,25)(H,24,26,27). The lowest BCUT2D eigenvalue weighted by molar-refractivity contribution is -0.118. The number of ether oxygens (including phenoxy) is 1. The van der Waals surface area contributed by atoms with Gasteiger partial charge in [-0.25, -0.2) is 13.2 Å². The summed E-state index contributed by atoms with van der Waals surface area (Å²) in [6, 6.07) is 11.9. The molecule has 0 aliphatic heterocycles. The van der Waals surface area contributed by atoms with Gasteiger partial charge in [0.25, 0.3) is 5.91 Å². The molecule has 0 aliphatic rings. The van der Waals surface area contributed by atoms with Crippen LogP contribution in [0, 0.1) is 24.4 Å². The van der Waals surface area contributed by atoms with Crippen LogP contribution in [-0.4, -0.2) is 22.7 Å². The number of carbonyl (C=O) groups excluding carboxylic acids is 1. The molecule has 0 unspecified atom stereocenters. The third-order valence-electron chi connectivity index (χ3n) is 3.62. The number of carbonyl (C=O) groups is 1. The van der Waals surface area contributed by atoms with Crippen molar-refractivity contribution in [2.24, 2.45) is 0 Å². The first-order valence-corrected chi connectivity index (χ1v) is 8.16. The Morgan fingerprint density at radius 2 is 1.61 bits per heavy atom. The van der Waals surface area contributed by atoms with Gasteiger partial charge in [-0.1, -0.05) is 17.7 Å². The van der Waals surface area contributed by atoms with E-state index in [1.54, 1.807) is 12.1 Å². The molecule has 3 aromatic rings. The summed E-state index contributed by atoms with van der Waals surface area (Å²) in [6.07, 6.45) is 0. The summed E-state index contributed by atoms with van der Waals surface area (Å²) in [7, 11) is 0. The minimum Gasteiger partial charge on any atom is -0.484 e. The summed E-state index contributed by atoms with van der Waals surface area (Å²) in [6.45, 7) is 1.72. The summed E-state index contributed by atoms with van der Waals surface area (Å²) in [5.74, 6) is -3.90. The monoisotopic (exact) mass is 388 g/mol. The molecular formula is C19H15F3N4O2. The van der Waals surface area contributed by atoms with E-state index in [1.165, 1.54) is 12.1 Å². The van der Waals surface area contributed by atoms with Crippen molar-refractivity contribution in [2.75, 3.05) is 17.2 Å². The lowest BCUT2D eigenvalue weighted by Crippen LogP contribution is -2.21. The van der Waals surface area contributed by atoms with Crippen molar-refractivity contribution in [3.8, 4) is 5.75 Å². The number of nitrogens with one attached hydrogen (secondary N) is 2. The molecule has 2 aromatic carbocycles. The molecule has 1 aromatic heterocycles. The smallest absolute Gasteiger partial charge is 0.263 e. The Bertz CT molecular complexity index is 980. The fraction of sp³-hybridized carbons (Fsp3) is 0.105. The number of amides is 1. The molecule has 0 aliphatic carbocycles. The minimum absolute atomic E-state index is 0.0822. The maximum atomic E-state index is 13.6. The lowest BCUT2D eigenvalue weighted by atomic mass is 10.2. The van der Waals surface area contributed by atoms with Crippen LogP contribution < -0.4 is 15.4 Å². The molecule has 0 radical (unpaired) electrons. The zero-order chi connectivity index (χ0) is 20.1. The van der Waals surface area contributed by atoms with Crippen molar-refractivity contribution < 1.29 is 22.7 Å². The second-order valence-electron chi connectivity index (χ2n) is 5.80. The second-order valence-corrected chi connectivity index (χ2v) is 5.80. The van der Waals surface area contributed by atoms with Crippen molar-refractivity contribution >= 4 is 23.2 Å². The molecule has 144 valence electrons. The number of nitrogens with zero attached hydrogens (tertiary/aromatic N) is 2. The molecule has 0 fully saturated rings. The van der Waals surface area contributed by atoms with Crippen LogP contribution in [-0.2, 0) is 4.79 Å². The van der Waals surface area contributed by atoms with E-state index in [2.05, 4.69) is 20.8 Å². The van der Waals surface area contributed by atoms with E-state index in [-0.39, 0.29) is 23.9 Å². The van der Waals surface area contributed by atoms with Gasteiger partial charge in [0, 0.05) is 0 Å². The Morgan fingerprint density at radius 3 is 2.29 bits per heavy atom. The van der Waals surface area contributed by atoms with Crippen LogP contribution in [0.2, 0.25) is 0 Å². The van der Waals surface area contributed by atoms with Crippen LogP contribution in [0.25, 0.3) is 0 Å². The Morgan fingerprint density at radius 1 is 0.929 bits per heavy atom. The van der Waals surface area contributed by atoms with Gasteiger partial charge >= 0.3 is 0 Å². The van der Waals surface area contributed by atoms with Crippen molar-refractivity contribution in [3.05, 3.63) is 71.5 Å². The fourth-order valence-electron chi connectivity index (χ4n) is 2.19. The molecule has 0 spiro atoms. The highest BCUT2D eigenvalue weighted by Gasteiger charge is 2.14. The Kier molecular flexibility index (Phi) is 5.73. The van der Waals surface area contributed by atoms with Crippen LogP contribution in [0.1, 0.15) is 5.56 Å². The highest BCUT2D eigenvalue weighted by molar-refractivity contribution is 5.90. The van der Waals surface area contributed by atoms with E-state index in [0.29, 0.717) is 5.75 Å². The number of rotatable bonds is 6. The van der Waals surface area contributed by atoms with E-state index in [0.717, 1.165) is 17.7 Å². The Labute approximate surface area is 158 Å². The van der Waals surface area contributed by atoms with Gasteiger partial charge in [-0.2, -0.15) is 0 Å². The highest BCUT2D eigenvalue weighted by Crippen LogP contribution is 2.22. The van der Waals surface area contributed by atoms with Gasteiger partial charge in [0.15, 0.2) is 35.7 Å². The van der Waals surface area contributed by atoms with Gasteiger partial charge in [-0.15, -0.1) is 10.2 Å². The maximum absolute atomic E-state index is 13.6. The fourth-order valence-corrected chi connectivity index (χ4v) is 2.19. The molecule has 9 heteroatoms. The first kappa shape index (κ1) is 19.2. The molecule has 0 saturated heterocycles. The summed E-state index contributed by atoms with van der Waals surface area (Å²) >= 11 is 0. The quantitative estimate of drug-likeness (QED) is 0.625. The van der Waals surface area contributed by atoms with E-state index < -0.39 is 23.4 Å². The van der Waals surface area contributed by atoms with Gasteiger partial charge < -0.3 is 15.4 Å². The predicted molar refractivity (Wildman–Crippen MR) is 96.9 cm³/mol. The Balaban J connectivity index is 1.56. The third kappa shape index (κ3) is 4.76. The molecule has 0 bridgehead atoms. The van der Waals surface area contributed by atoms with E-state index in [1.807, 2.05) is 19.1 Å². The van der Waals surface area contributed by atoms with Crippen LogP contribution in [0.15, 0.2) is 48.5 Å². The molecule has 0 atom stereocenters. The number of anilines is 3. The van der Waals surface area contributed by atoms with Crippen molar-refractivity contribution in [2.45, 2.75) is 6.92 Å². The zero-order valence-electron chi connectivity index (χ0n) is 14.7. The van der Waals surface area contributed by atoms with Crippen LogP contribution in [0.5, 0.6) is 5.75 Å². The molecule has 28 heavy (non-hydrogen) atoms. The average molecular weight is 388 g/mol. The van der Waals surface area contributed by atoms with Crippen LogP contribution in [0.3, 0.4) is 0 Å². The second kappa shape index (κ2) is 8.38. The number of aromatic nitrogens is 2. The normalized spacial score (nSPS) is 10.4. The van der Waals surface area contributed by atoms with Gasteiger partial charge in [0.2, 0.25) is 0 Å². The molecule has 1 heterocycles. The molecule has 6 nitrogen and oxygen atoms in total. The number of hydrogen-bond donors (Lipinski definition) is 2. The molecule has 0 saturated carbocycles. The van der Waals surface area contributed by atoms with Gasteiger partial charge in [-0.05, 0) is 43.3 Å². The molecule has 2 N–H and O–H groups in total. The van der Waals surface area contributed by atoms with Gasteiger partial charge in [0.05, 0.1) is 5.69 Å². The largest absolute Gasteiger partial charge is 0.484 e. The summed E-state index contributed by atoms with van der Waals surface area (Å²) in [4.78, 5) is 11.9. The molecule has 3 rings (SSSR count). The lowest BCUT2D eigenvalue weighted by Gasteiger charge is -2.09. The van der Waals surface area contributed by atoms with Crippen molar-refractivity contribution in [3.63, 3.8) is 0 Å². The van der Waals surface area contributed by atoms with E-state index in [4.69, 9.17) is 4.74 Å². The van der Waals surface area contributed by atoms with Crippen LogP contribution in [0.4, 0.5) is 30.5 Å². The van der Waals surface area contributed by atoms with Crippen molar-refractivity contribution in [1.82, 2.24) is 10.2 Å². The zero-order valence-corrected chi connectivity index (χ0v) is 14.7. The predicted octanol–water partition coefficient (Wildman–Crippen LogP) is 3.96. The topological polar surface area (TPSA) is 76.1 Å². The minimum atomic E-state index is -1.59. The Hall–Kier alpha value is -3.62. The number of aryl methyl sites for hydroxylation is 1. The number of hydrogen-bond acceptors (Lipinski definition) is 5. The van der Waals surface area contributed by atoms with E-state index in [9.17, 15) is 18.0 Å². The van der Waals surface area contributed by atoms with Gasteiger partial charge in [0.1, 0.15) is 5.75 Å². The van der Waals surface area contributed by atoms with Crippen LogP contribution >= 0.6 is 0 Å². The summed E-state index contributed by atoms with van der Waals surface area (Å²) < 4.78 is 45.2. The first-order chi connectivity index (χ1) is 13.4.